The topological polar surface area (TPSA) is 666 Å². The molecule has 133 heavy (non-hydrogen) atoms. The number of carboxylic acid groups (broad SMARTS) is 2. The van der Waals surface area contributed by atoms with Crippen LogP contribution in [0.1, 0.15) is 134 Å². The van der Waals surface area contributed by atoms with E-state index in [9.17, 15) is 72.9 Å². The number of H-pyrrole nitrogens is 2. The number of para-hydroxylation sites is 2. The zero-order valence-corrected chi connectivity index (χ0v) is 76.2. The number of hydrogen-bond donors (Lipinski definition) is 19. The quantitative estimate of drug-likeness (QED) is 0.0239. The van der Waals surface area contributed by atoms with E-state index in [2.05, 4.69) is 63.1 Å². The molecule has 5 heterocycles. The number of thioether (sulfide) groups is 1. The summed E-state index contributed by atoms with van der Waals surface area (Å²) in [6.07, 6.45) is -2.13. The Kier molecular flexibility index (Phi) is 39.8. The largest absolute Gasteiger partial charge is 0.497 e. The van der Waals surface area contributed by atoms with Crippen molar-refractivity contribution in [2.75, 3.05) is 72.5 Å². The number of aromatic nitrogens is 2. The van der Waals surface area contributed by atoms with Crippen molar-refractivity contribution in [2.24, 2.45) is 22.9 Å². The van der Waals surface area contributed by atoms with Gasteiger partial charge >= 0.3 is 11.9 Å². The monoisotopic (exact) mass is 1870 g/mol. The lowest BCUT2D eigenvalue weighted by Gasteiger charge is -2.36. The third-order valence-corrected chi connectivity index (χ3v) is 24.7. The predicted molar refractivity (Wildman–Crippen MR) is 483 cm³/mol. The number of primary amides is 2. The second kappa shape index (κ2) is 50.4. The van der Waals surface area contributed by atoms with Gasteiger partial charge in [0, 0.05) is 119 Å². The number of likely N-dealkylation sites (N-methyl/N-ethyl adjacent to an activating group) is 3. The number of benzene rings is 3. The van der Waals surface area contributed by atoms with E-state index in [1.807, 2.05) is 6.92 Å². The lowest BCUT2D eigenvalue weighted by Crippen LogP contribution is -2.61. The summed E-state index contributed by atoms with van der Waals surface area (Å²) < 4.78 is 5.32. The van der Waals surface area contributed by atoms with Gasteiger partial charge in [-0.2, -0.15) is 0 Å². The van der Waals surface area contributed by atoms with Crippen LogP contribution in [0.4, 0.5) is 0 Å². The number of carboxylic acids is 2. The van der Waals surface area contributed by atoms with Crippen LogP contribution in [0.3, 0.4) is 0 Å². The summed E-state index contributed by atoms with van der Waals surface area (Å²) >= 11 is 0.716. The minimum absolute atomic E-state index is 0.0368. The fourth-order valence-corrected chi connectivity index (χ4v) is 17.0. The zero-order valence-electron chi connectivity index (χ0n) is 75.4. The number of rotatable bonds is 27. The number of aromatic amines is 2. The average molecular weight is 1880 g/mol. The van der Waals surface area contributed by atoms with Crippen molar-refractivity contribution >= 4 is 146 Å². The standard InChI is InChI=1S/C88H123N21O23S/c1-8-10-21-66-81(124)98-57(28-30-73(114)115)77(120)104-65(76(119)95-43-71(92)112)45-133-46-72(113)96-61(35-48-24-26-52(132-7)27-25-48)84(127)105(4)47(3)75(118)101-63(39-70(91)111)87(130)108-34-16-23-67(108)82(125)103-64(40-90)80(123)99-59(29-31-74(116)117)86(129)109-44-51(110)38-69(109)83(126)100-60(36-49-41-93-55-19-14-12-17-53(49)55)79(122)97-58(32-33-89)78(121)102-62(37-50-42-94-56-20-15-13-18-54(50)56)85(128)107(6)68(22-11-9-2)88(131)106(66)5/h12-15,17-20,24-27,41-42,47,51,57-69,93-94,110H,8-11,16,21-23,28-40,43-46,89-90H2,1-7H3,(H2,91,111)(H2,92,112)(H,95,119)(H,96,113)(H,97,122)(H,98,124)(H,99,123)(H,100,126)(H,101,118)(H,102,121)(H,103,125)(H,104,120)(H,114,115)(H,116,117)/t47-,51+,57-,58-,59-,60-,61-,62-,63+,64-,65-,66-,67-,68-,69-/m0/s1. The number of nitrogens with zero attached hydrogens (tertiary/aromatic N) is 5. The van der Waals surface area contributed by atoms with E-state index in [0.717, 1.165) is 24.5 Å². The highest BCUT2D eigenvalue weighted by Crippen LogP contribution is 2.28. The molecule has 2 aromatic heterocycles. The molecule has 17 amide bonds. The number of nitrogens with one attached hydrogen (secondary N) is 12. The van der Waals surface area contributed by atoms with E-state index in [1.54, 1.807) is 92.1 Å². The number of aliphatic carboxylic acids is 2. The minimum Gasteiger partial charge on any atom is -0.497 e. The molecule has 5 aromatic rings. The van der Waals surface area contributed by atoms with Crippen LogP contribution in [-0.2, 0) is 110 Å². The fraction of sp³-hybridized carbons (Fsp3) is 0.534. The molecule has 0 unspecified atom stereocenters. The lowest BCUT2D eigenvalue weighted by molar-refractivity contribution is -0.149. The average Bonchev–Trinajstić information content (AvgIpc) is 1.68. The van der Waals surface area contributed by atoms with Gasteiger partial charge in [0.2, 0.25) is 100 Å². The molecule has 0 aliphatic carbocycles. The fourth-order valence-electron chi connectivity index (χ4n) is 16.1. The highest BCUT2D eigenvalue weighted by molar-refractivity contribution is 8.00. The third-order valence-electron chi connectivity index (χ3n) is 23.7. The molecule has 3 aromatic carbocycles. The number of unbranched alkanes of at least 4 members (excludes halogenated alkanes) is 2. The van der Waals surface area contributed by atoms with Gasteiger partial charge in [0.25, 0.3) is 0 Å². The van der Waals surface area contributed by atoms with Crippen LogP contribution in [0.2, 0.25) is 0 Å². The molecule has 724 valence electrons. The first-order valence-electron chi connectivity index (χ1n) is 44.1. The highest BCUT2D eigenvalue weighted by Gasteiger charge is 2.47. The van der Waals surface area contributed by atoms with Crippen LogP contribution in [0.5, 0.6) is 5.75 Å². The van der Waals surface area contributed by atoms with E-state index in [4.69, 9.17) is 27.7 Å². The summed E-state index contributed by atoms with van der Waals surface area (Å²) in [6, 6.07) is -2.52. The van der Waals surface area contributed by atoms with E-state index >= 15 is 33.6 Å². The number of carbonyl (C=O) groups is 19. The number of amides is 17. The Morgan fingerprint density at radius 2 is 1.01 bits per heavy atom. The maximum absolute atomic E-state index is 15.8. The molecule has 0 bridgehead atoms. The van der Waals surface area contributed by atoms with Gasteiger partial charge in [0.05, 0.1) is 31.9 Å². The molecular formula is C88H123N21O23S. The number of aliphatic hydroxyl groups excluding tert-OH is 1. The molecule has 0 saturated carbocycles. The van der Waals surface area contributed by atoms with Gasteiger partial charge in [-0.25, -0.2) is 0 Å². The van der Waals surface area contributed by atoms with Crippen LogP contribution >= 0.6 is 11.8 Å². The predicted octanol–water partition coefficient (Wildman–Crippen LogP) is -3.86. The van der Waals surface area contributed by atoms with E-state index in [0.29, 0.717) is 75.3 Å². The van der Waals surface area contributed by atoms with Crippen molar-refractivity contribution in [3.8, 4) is 5.75 Å². The number of methoxy groups -OCH3 is 1. The van der Waals surface area contributed by atoms with Crippen molar-refractivity contribution < 1.29 is 111 Å². The second-order valence-corrected chi connectivity index (χ2v) is 34.3. The normalized spacial score (nSPS) is 24.9. The first-order valence-corrected chi connectivity index (χ1v) is 45.3. The van der Waals surface area contributed by atoms with Crippen LogP contribution in [0.25, 0.3) is 21.8 Å². The molecule has 23 N–H and O–H groups in total. The van der Waals surface area contributed by atoms with Crippen molar-refractivity contribution in [3.63, 3.8) is 0 Å². The summed E-state index contributed by atoms with van der Waals surface area (Å²) in [6.45, 7) is 2.37. The second-order valence-electron chi connectivity index (χ2n) is 33.3. The molecular weight excluding hydrogens is 1750 g/mol. The Balaban J connectivity index is 1.20. The van der Waals surface area contributed by atoms with Crippen molar-refractivity contribution in [3.05, 3.63) is 102 Å². The number of ether oxygens (including phenoxy) is 1. The van der Waals surface area contributed by atoms with Gasteiger partial charge in [-0.15, -0.1) is 11.8 Å². The van der Waals surface area contributed by atoms with Crippen molar-refractivity contribution in [1.29, 1.82) is 0 Å². The SMILES string of the molecule is CCCC[C@H]1C(=O)N(C)[C@@H](CCCC)C(=O)N[C@@H](CCC(=O)O)C(=O)N[C@H](C(=O)NCC(N)=O)CSCC(=O)N[C@@H](Cc2ccc(OC)cc2)C(=O)N(C)[C@@H](C)C(=O)N[C@H](CC(N)=O)C(=O)N2CCC[C@H]2C(=O)N[C@@H](CN)C(=O)N[C@@H](CCC(=O)O)C(=O)N2C[C@H](O)C[C@H]2C(=O)N[C@@H](Cc2c[nH]c3ccccc23)C(=O)N[C@@H](CCN)C(=O)N[C@@H](Cc2c[nH]c3ccccc23)C(=O)N1C. The minimum atomic E-state index is -1.84. The molecule has 3 aliphatic rings. The Labute approximate surface area is 771 Å². The molecule has 15 atom stereocenters. The Bertz CT molecular complexity index is 5030. The molecule has 0 radical (unpaired) electrons. The van der Waals surface area contributed by atoms with Crippen LogP contribution in [-0.4, -0.2) is 325 Å². The van der Waals surface area contributed by atoms with Gasteiger partial charge < -0.3 is 131 Å². The molecule has 8 rings (SSSR count). The van der Waals surface area contributed by atoms with Crippen molar-refractivity contribution in [1.82, 2.24) is 87.6 Å². The van der Waals surface area contributed by atoms with Crippen LogP contribution < -0.4 is 80.8 Å². The smallest absolute Gasteiger partial charge is 0.303 e. The van der Waals surface area contributed by atoms with Gasteiger partial charge in [0.1, 0.15) is 90.3 Å². The lowest BCUT2D eigenvalue weighted by atomic mass is 9.99. The first kappa shape index (κ1) is 105. The van der Waals surface area contributed by atoms with E-state index < -0.39 is 273 Å². The number of hydrogen-bond acceptors (Lipinski definition) is 24. The number of carbonyl (C=O) groups excluding carboxylic acids is 17. The Hall–Kier alpha value is -13.3. The van der Waals surface area contributed by atoms with Crippen LogP contribution in [0.15, 0.2) is 85.2 Å². The molecule has 3 fully saturated rings. The summed E-state index contributed by atoms with van der Waals surface area (Å²) in [5, 5.41) is 58.2. The maximum Gasteiger partial charge on any atom is 0.303 e. The van der Waals surface area contributed by atoms with Gasteiger partial charge in [-0.1, -0.05) is 88.1 Å². The number of nitrogens with two attached hydrogens (primary N) is 4. The Morgan fingerprint density at radius 1 is 0.511 bits per heavy atom. The van der Waals surface area contributed by atoms with Crippen molar-refractivity contribution in [2.45, 2.75) is 227 Å². The van der Waals surface area contributed by atoms with Gasteiger partial charge in [-0.3, -0.25) is 91.1 Å². The first-order chi connectivity index (χ1) is 63.3. The highest BCUT2D eigenvalue weighted by atomic mass is 32.2. The van der Waals surface area contributed by atoms with Gasteiger partial charge in [0.15, 0.2) is 0 Å². The Morgan fingerprint density at radius 3 is 1.59 bits per heavy atom. The van der Waals surface area contributed by atoms with Crippen LogP contribution in [0, 0.1) is 0 Å². The molecule has 45 heteroatoms. The zero-order chi connectivity index (χ0) is 97.6. The summed E-state index contributed by atoms with van der Waals surface area (Å²) in [4.78, 5) is 284. The third kappa shape index (κ3) is 29.3. The van der Waals surface area contributed by atoms with E-state index in [-0.39, 0.29) is 70.9 Å². The molecule has 3 aliphatic heterocycles. The molecule has 3 saturated heterocycles. The molecule has 44 nitrogen and oxygen atoms in total. The maximum atomic E-state index is 15.8. The van der Waals surface area contributed by atoms with E-state index in [1.165, 1.54) is 35.2 Å². The van der Waals surface area contributed by atoms with Gasteiger partial charge in [-0.05, 0) is 99.4 Å². The molecule has 0 spiro atoms. The number of fused-ring (bicyclic) bond motifs is 4. The summed E-state index contributed by atoms with van der Waals surface area (Å²) in [7, 11) is 5.23. The number of aliphatic hydroxyl groups is 1. The summed E-state index contributed by atoms with van der Waals surface area (Å²) in [5.41, 5.74) is 26.1. The summed E-state index contributed by atoms with van der Waals surface area (Å²) in [5.74, 6) is -20.7.